The molecule has 2 N–H and O–H groups in total. The average Bonchev–Trinajstić information content (AvgIpc) is 2.81. The molecule has 0 atom stereocenters. The maximum atomic E-state index is 10.9. The molecule has 0 heterocycles. The van der Waals surface area contributed by atoms with Crippen LogP contribution in [0.4, 0.5) is 5.69 Å². The Hall–Kier alpha value is -1.51. The number of rotatable bonds is 5. The topological polar surface area (TPSA) is 49.3 Å². The van der Waals surface area contributed by atoms with E-state index in [-0.39, 0.29) is 0 Å². The number of hydrogen-bond acceptors (Lipinski definition) is 2. The van der Waals surface area contributed by atoms with E-state index in [0.717, 1.165) is 23.7 Å². The first-order chi connectivity index (χ1) is 8.66. The molecule has 1 aromatic rings. The van der Waals surface area contributed by atoms with E-state index in [2.05, 4.69) is 5.32 Å². The summed E-state index contributed by atoms with van der Waals surface area (Å²) in [5.74, 6) is 0.0295. The lowest BCUT2D eigenvalue weighted by Gasteiger charge is -2.12. The minimum Gasteiger partial charge on any atom is -0.478 e. The van der Waals surface area contributed by atoms with E-state index in [0.29, 0.717) is 5.56 Å². The Bertz CT molecular complexity index is 423. The minimum absolute atomic E-state index is 0.386. The van der Waals surface area contributed by atoms with Crippen LogP contribution in [-0.4, -0.2) is 17.6 Å². The fourth-order valence-corrected chi connectivity index (χ4v) is 2.73. The molecule has 98 valence electrons. The number of carboxylic acids is 1. The van der Waals surface area contributed by atoms with Crippen molar-refractivity contribution in [1.29, 1.82) is 0 Å². The highest BCUT2D eigenvalue weighted by Gasteiger charge is 2.14. The highest BCUT2D eigenvalue weighted by molar-refractivity contribution is 5.89. The second-order valence-corrected chi connectivity index (χ2v) is 5.20. The van der Waals surface area contributed by atoms with E-state index >= 15 is 0 Å². The smallest absolute Gasteiger partial charge is 0.335 e. The second-order valence-electron chi connectivity index (χ2n) is 5.20. The minimum atomic E-state index is -0.856. The van der Waals surface area contributed by atoms with Gasteiger partial charge in [0, 0.05) is 12.2 Å². The molecular formula is C15H21NO2. The molecule has 18 heavy (non-hydrogen) atoms. The Balaban J connectivity index is 1.85. The summed E-state index contributed by atoms with van der Waals surface area (Å²) in [5, 5.41) is 12.3. The first kappa shape index (κ1) is 12.9. The monoisotopic (exact) mass is 247 g/mol. The van der Waals surface area contributed by atoms with Crippen LogP contribution in [0.15, 0.2) is 18.2 Å². The van der Waals surface area contributed by atoms with Crippen molar-refractivity contribution in [3.63, 3.8) is 0 Å². The molecule has 1 aromatic carbocycles. The van der Waals surface area contributed by atoms with Crippen LogP contribution >= 0.6 is 0 Å². The SMILES string of the molecule is Cc1cc(NCCC2CCCC2)ccc1C(=O)O. The summed E-state index contributed by atoms with van der Waals surface area (Å²) >= 11 is 0. The van der Waals surface area contributed by atoms with E-state index < -0.39 is 5.97 Å². The lowest BCUT2D eigenvalue weighted by Crippen LogP contribution is -2.07. The molecule has 0 spiro atoms. The molecule has 0 aliphatic heterocycles. The molecule has 0 saturated heterocycles. The quantitative estimate of drug-likeness (QED) is 0.834. The predicted molar refractivity (Wildman–Crippen MR) is 73.2 cm³/mol. The summed E-state index contributed by atoms with van der Waals surface area (Å²) in [6, 6.07) is 5.44. The van der Waals surface area contributed by atoms with Crippen molar-refractivity contribution in [2.24, 2.45) is 5.92 Å². The van der Waals surface area contributed by atoms with Crippen molar-refractivity contribution in [2.75, 3.05) is 11.9 Å². The van der Waals surface area contributed by atoms with Gasteiger partial charge in [0.1, 0.15) is 0 Å². The Labute approximate surface area is 108 Å². The Kier molecular flexibility index (Phi) is 4.24. The zero-order valence-electron chi connectivity index (χ0n) is 10.9. The first-order valence-electron chi connectivity index (χ1n) is 6.74. The molecule has 3 heteroatoms. The van der Waals surface area contributed by atoms with Crippen LogP contribution in [0.3, 0.4) is 0 Å². The predicted octanol–water partition coefficient (Wildman–Crippen LogP) is 3.69. The Morgan fingerprint density at radius 1 is 1.39 bits per heavy atom. The van der Waals surface area contributed by atoms with Crippen LogP contribution in [0.5, 0.6) is 0 Å². The number of aryl methyl sites for hydroxylation is 1. The maximum Gasteiger partial charge on any atom is 0.335 e. The third-order valence-electron chi connectivity index (χ3n) is 3.81. The fourth-order valence-electron chi connectivity index (χ4n) is 2.73. The molecule has 2 rings (SSSR count). The van der Waals surface area contributed by atoms with Gasteiger partial charge in [-0.05, 0) is 43.0 Å². The molecule has 3 nitrogen and oxygen atoms in total. The van der Waals surface area contributed by atoms with Gasteiger partial charge in [-0.2, -0.15) is 0 Å². The summed E-state index contributed by atoms with van der Waals surface area (Å²) in [7, 11) is 0. The second kappa shape index (κ2) is 5.89. The number of carbonyl (C=O) groups is 1. The largest absolute Gasteiger partial charge is 0.478 e. The van der Waals surface area contributed by atoms with E-state index in [1.807, 2.05) is 19.1 Å². The molecule has 0 bridgehead atoms. The van der Waals surface area contributed by atoms with Crippen molar-refractivity contribution < 1.29 is 9.90 Å². The van der Waals surface area contributed by atoms with Crippen LogP contribution in [0.1, 0.15) is 48.0 Å². The van der Waals surface area contributed by atoms with Crippen molar-refractivity contribution in [1.82, 2.24) is 0 Å². The van der Waals surface area contributed by atoms with Crippen molar-refractivity contribution >= 4 is 11.7 Å². The van der Waals surface area contributed by atoms with Crippen molar-refractivity contribution in [2.45, 2.75) is 39.0 Å². The number of aromatic carboxylic acids is 1. The third-order valence-corrected chi connectivity index (χ3v) is 3.81. The zero-order valence-corrected chi connectivity index (χ0v) is 10.9. The van der Waals surface area contributed by atoms with Crippen LogP contribution in [0, 0.1) is 12.8 Å². The zero-order chi connectivity index (χ0) is 13.0. The number of anilines is 1. The normalized spacial score (nSPS) is 15.8. The van der Waals surface area contributed by atoms with Gasteiger partial charge in [0.05, 0.1) is 5.56 Å². The molecule has 1 fully saturated rings. The molecule has 0 unspecified atom stereocenters. The van der Waals surface area contributed by atoms with Crippen molar-refractivity contribution in [3.8, 4) is 0 Å². The summed E-state index contributed by atoms with van der Waals surface area (Å²) in [6.07, 6.45) is 6.74. The molecule has 0 amide bonds. The maximum absolute atomic E-state index is 10.9. The fraction of sp³-hybridized carbons (Fsp3) is 0.533. The molecule has 1 aliphatic carbocycles. The summed E-state index contributed by atoms with van der Waals surface area (Å²) in [6.45, 7) is 2.82. The standard InChI is InChI=1S/C15H21NO2/c1-11-10-13(6-7-14(11)15(17)18)16-9-8-12-4-2-3-5-12/h6-7,10,12,16H,2-5,8-9H2,1H3,(H,17,18). The van der Waals surface area contributed by atoms with E-state index in [4.69, 9.17) is 5.11 Å². The summed E-state index contributed by atoms with van der Waals surface area (Å²) in [5.41, 5.74) is 2.22. The molecule has 0 aromatic heterocycles. The third kappa shape index (κ3) is 3.25. The van der Waals surface area contributed by atoms with Gasteiger partial charge in [-0.3, -0.25) is 0 Å². The highest BCUT2D eigenvalue weighted by atomic mass is 16.4. The lowest BCUT2D eigenvalue weighted by atomic mass is 10.0. The number of nitrogens with one attached hydrogen (secondary N) is 1. The van der Waals surface area contributed by atoms with Gasteiger partial charge in [-0.25, -0.2) is 4.79 Å². The van der Waals surface area contributed by atoms with Crippen LogP contribution in [-0.2, 0) is 0 Å². The van der Waals surface area contributed by atoms with E-state index in [1.165, 1.54) is 32.1 Å². The van der Waals surface area contributed by atoms with Gasteiger partial charge < -0.3 is 10.4 Å². The Morgan fingerprint density at radius 3 is 2.72 bits per heavy atom. The van der Waals surface area contributed by atoms with E-state index in [1.54, 1.807) is 6.07 Å². The summed E-state index contributed by atoms with van der Waals surface area (Å²) in [4.78, 5) is 10.9. The Morgan fingerprint density at radius 2 is 2.11 bits per heavy atom. The lowest BCUT2D eigenvalue weighted by molar-refractivity contribution is 0.0696. The van der Waals surface area contributed by atoms with Crippen LogP contribution < -0.4 is 5.32 Å². The molecule has 1 saturated carbocycles. The van der Waals surface area contributed by atoms with Crippen LogP contribution in [0.2, 0.25) is 0 Å². The van der Waals surface area contributed by atoms with Gasteiger partial charge in [-0.15, -0.1) is 0 Å². The van der Waals surface area contributed by atoms with Crippen LogP contribution in [0.25, 0.3) is 0 Å². The van der Waals surface area contributed by atoms with Gasteiger partial charge in [0.15, 0.2) is 0 Å². The molecule has 0 radical (unpaired) electrons. The van der Waals surface area contributed by atoms with Gasteiger partial charge in [0.25, 0.3) is 0 Å². The number of benzene rings is 1. The van der Waals surface area contributed by atoms with Gasteiger partial charge in [0.2, 0.25) is 0 Å². The highest BCUT2D eigenvalue weighted by Crippen LogP contribution is 2.27. The van der Waals surface area contributed by atoms with Gasteiger partial charge in [-0.1, -0.05) is 25.7 Å². The summed E-state index contributed by atoms with van der Waals surface area (Å²) < 4.78 is 0. The van der Waals surface area contributed by atoms with Gasteiger partial charge >= 0.3 is 5.97 Å². The first-order valence-corrected chi connectivity index (χ1v) is 6.74. The molecule has 1 aliphatic rings. The van der Waals surface area contributed by atoms with Crippen molar-refractivity contribution in [3.05, 3.63) is 29.3 Å². The number of carboxylic acid groups (broad SMARTS) is 1. The average molecular weight is 247 g/mol. The van der Waals surface area contributed by atoms with E-state index in [9.17, 15) is 4.79 Å². The molecular weight excluding hydrogens is 226 g/mol. The number of hydrogen-bond donors (Lipinski definition) is 2.